The van der Waals surface area contributed by atoms with E-state index in [2.05, 4.69) is 22.8 Å². The van der Waals surface area contributed by atoms with Crippen LogP contribution in [0.25, 0.3) is 0 Å². The zero-order valence-electron chi connectivity index (χ0n) is 11.7. The molecule has 0 bridgehead atoms. The summed E-state index contributed by atoms with van der Waals surface area (Å²) in [6.45, 7) is 4.67. The third kappa shape index (κ3) is 4.82. The number of hydrogen-bond acceptors (Lipinski definition) is 4. The number of para-hydroxylation sites is 1. The Morgan fingerprint density at radius 1 is 1.37 bits per heavy atom. The fourth-order valence-electron chi connectivity index (χ4n) is 2.34. The summed E-state index contributed by atoms with van der Waals surface area (Å²) in [5.41, 5.74) is 1.26. The lowest BCUT2D eigenvalue weighted by atomic mass is 10.1. The van der Waals surface area contributed by atoms with Crippen LogP contribution < -0.4 is 15.4 Å². The maximum Gasteiger partial charge on any atom is 0.122 e. The van der Waals surface area contributed by atoms with Gasteiger partial charge < -0.3 is 20.1 Å². The van der Waals surface area contributed by atoms with Crippen LogP contribution in [0, 0.1) is 0 Å². The smallest absolute Gasteiger partial charge is 0.122 e. The molecule has 1 aliphatic heterocycles. The summed E-state index contributed by atoms with van der Waals surface area (Å²) in [4.78, 5) is 0. The molecule has 0 saturated carbocycles. The Bertz CT molecular complexity index is 365. The van der Waals surface area contributed by atoms with E-state index >= 15 is 0 Å². The first kappa shape index (κ1) is 14.3. The van der Waals surface area contributed by atoms with Crippen LogP contribution in [-0.2, 0) is 11.2 Å². The van der Waals surface area contributed by atoms with Gasteiger partial charge in [-0.1, -0.05) is 18.2 Å². The predicted molar refractivity (Wildman–Crippen MR) is 76.8 cm³/mol. The van der Waals surface area contributed by atoms with Gasteiger partial charge in [-0.2, -0.15) is 0 Å². The van der Waals surface area contributed by atoms with Gasteiger partial charge in [0.15, 0.2) is 0 Å². The van der Waals surface area contributed by atoms with E-state index < -0.39 is 0 Å². The molecule has 1 aliphatic rings. The molecule has 0 aliphatic carbocycles. The molecule has 106 valence electrons. The molecule has 2 N–H and O–H groups in total. The van der Waals surface area contributed by atoms with Crippen LogP contribution in [0.15, 0.2) is 24.3 Å². The lowest BCUT2D eigenvalue weighted by molar-refractivity contribution is 0.0743. The number of morpholine rings is 1. The van der Waals surface area contributed by atoms with Gasteiger partial charge in [0, 0.05) is 12.6 Å². The monoisotopic (exact) mass is 264 g/mol. The van der Waals surface area contributed by atoms with E-state index in [9.17, 15) is 0 Å². The van der Waals surface area contributed by atoms with Gasteiger partial charge in [0.05, 0.1) is 20.3 Å². The average molecular weight is 264 g/mol. The Balaban J connectivity index is 1.61. The highest BCUT2D eigenvalue weighted by molar-refractivity contribution is 5.33. The van der Waals surface area contributed by atoms with Crippen molar-refractivity contribution in [1.29, 1.82) is 0 Å². The highest BCUT2D eigenvalue weighted by Gasteiger charge is 2.11. The zero-order valence-corrected chi connectivity index (χ0v) is 11.7. The Morgan fingerprint density at radius 3 is 3.05 bits per heavy atom. The molecule has 4 nitrogen and oxygen atoms in total. The molecule has 0 radical (unpaired) electrons. The molecular formula is C15H24N2O2. The molecule has 1 aromatic carbocycles. The van der Waals surface area contributed by atoms with Crippen molar-refractivity contribution in [3.05, 3.63) is 29.8 Å². The number of methoxy groups -OCH3 is 1. The number of nitrogens with one attached hydrogen (secondary N) is 2. The van der Waals surface area contributed by atoms with Crippen molar-refractivity contribution in [2.75, 3.05) is 40.0 Å². The number of rotatable bonds is 7. The second-order valence-corrected chi connectivity index (χ2v) is 4.83. The molecule has 1 aromatic rings. The second kappa shape index (κ2) is 8.15. The van der Waals surface area contributed by atoms with E-state index in [4.69, 9.17) is 9.47 Å². The topological polar surface area (TPSA) is 42.5 Å². The van der Waals surface area contributed by atoms with E-state index in [0.717, 1.165) is 51.4 Å². The SMILES string of the molecule is COc1ccccc1CCNCCC1COCCN1. The fraction of sp³-hybridized carbons (Fsp3) is 0.600. The van der Waals surface area contributed by atoms with Crippen molar-refractivity contribution in [3.8, 4) is 5.75 Å². The molecule has 2 rings (SSSR count). The summed E-state index contributed by atoms with van der Waals surface area (Å²) in [6, 6.07) is 8.70. The summed E-state index contributed by atoms with van der Waals surface area (Å²) in [5.74, 6) is 0.978. The van der Waals surface area contributed by atoms with Gasteiger partial charge in [-0.15, -0.1) is 0 Å². The first-order chi connectivity index (χ1) is 9.40. The molecular weight excluding hydrogens is 240 g/mol. The Morgan fingerprint density at radius 2 is 2.26 bits per heavy atom. The molecule has 0 amide bonds. The van der Waals surface area contributed by atoms with Gasteiger partial charge in [0.1, 0.15) is 5.75 Å². The van der Waals surface area contributed by atoms with Crippen LogP contribution >= 0.6 is 0 Å². The molecule has 0 spiro atoms. The predicted octanol–water partition coefficient (Wildman–Crippen LogP) is 1.21. The van der Waals surface area contributed by atoms with Crippen molar-refractivity contribution in [2.45, 2.75) is 18.9 Å². The van der Waals surface area contributed by atoms with Gasteiger partial charge in [0.25, 0.3) is 0 Å². The average Bonchev–Trinajstić information content (AvgIpc) is 2.48. The van der Waals surface area contributed by atoms with Gasteiger partial charge in [-0.05, 0) is 37.6 Å². The van der Waals surface area contributed by atoms with Gasteiger partial charge >= 0.3 is 0 Å². The molecule has 0 aromatic heterocycles. The lowest BCUT2D eigenvalue weighted by Crippen LogP contribution is -2.42. The number of hydrogen-bond donors (Lipinski definition) is 2. The second-order valence-electron chi connectivity index (χ2n) is 4.83. The van der Waals surface area contributed by atoms with Crippen molar-refractivity contribution < 1.29 is 9.47 Å². The number of benzene rings is 1. The molecule has 1 fully saturated rings. The molecule has 19 heavy (non-hydrogen) atoms. The van der Waals surface area contributed by atoms with E-state index in [1.54, 1.807) is 7.11 Å². The summed E-state index contributed by atoms with van der Waals surface area (Å²) in [5, 5.41) is 6.94. The minimum Gasteiger partial charge on any atom is -0.496 e. The fourth-order valence-corrected chi connectivity index (χ4v) is 2.34. The van der Waals surface area contributed by atoms with E-state index in [-0.39, 0.29) is 0 Å². The van der Waals surface area contributed by atoms with Crippen molar-refractivity contribution in [3.63, 3.8) is 0 Å². The van der Waals surface area contributed by atoms with Gasteiger partial charge in [0.2, 0.25) is 0 Å². The summed E-state index contributed by atoms with van der Waals surface area (Å²) in [7, 11) is 1.72. The quantitative estimate of drug-likeness (QED) is 0.726. The standard InChI is InChI=1S/C15H24N2O2/c1-18-15-5-3-2-4-13(15)6-8-16-9-7-14-12-19-11-10-17-14/h2-5,14,16-17H,6-12H2,1H3. The van der Waals surface area contributed by atoms with Crippen LogP contribution in [-0.4, -0.2) is 46.0 Å². The Kier molecular flexibility index (Phi) is 6.14. The highest BCUT2D eigenvalue weighted by atomic mass is 16.5. The summed E-state index contributed by atoms with van der Waals surface area (Å²) in [6.07, 6.45) is 2.12. The first-order valence-electron chi connectivity index (χ1n) is 7.04. The first-order valence-corrected chi connectivity index (χ1v) is 7.04. The highest BCUT2D eigenvalue weighted by Crippen LogP contribution is 2.17. The Hall–Kier alpha value is -1.10. The normalized spacial score (nSPS) is 19.3. The van der Waals surface area contributed by atoms with E-state index in [0.29, 0.717) is 6.04 Å². The minimum absolute atomic E-state index is 0.507. The van der Waals surface area contributed by atoms with Crippen LogP contribution in [0.3, 0.4) is 0 Å². The van der Waals surface area contributed by atoms with E-state index in [1.807, 2.05) is 12.1 Å². The number of ether oxygens (including phenoxy) is 2. The van der Waals surface area contributed by atoms with Crippen LogP contribution in [0.4, 0.5) is 0 Å². The van der Waals surface area contributed by atoms with Crippen LogP contribution in [0.2, 0.25) is 0 Å². The summed E-state index contributed by atoms with van der Waals surface area (Å²) >= 11 is 0. The largest absolute Gasteiger partial charge is 0.496 e. The third-order valence-electron chi connectivity index (χ3n) is 3.43. The molecule has 1 unspecified atom stereocenters. The maximum absolute atomic E-state index is 5.43. The third-order valence-corrected chi connectivity index (χ3v) is 3.43. The van der Waals surface area contributed by atoms with Gasteiger partial charge in [-0.3, -0.25) is 0 Å². The van der Waals surface area contributed by atoms with E-state index in [1.165, 1.54) is 5.56 Å². The minimum atomic E-state index is 0.507. The maximum atomic E-state index is 5.43. The van der Waals surface area contributed by atoms with Crippen molar-refractivity contribution >= 4 is 0 Å². The van der Waals surface area contributed by atoms with Crippen LogP contribution in [0.5, 0.6) is 5.75 Å². The van der Waals surface area contributed by atoms with Crippen molar-refractivity contribution in [2.24, 2.45) is 0 Å². The molecule has 1 saturated heterocycles. The molecule has 1 atom stereocenters. The summed E-state index contributed by atoms with van der Waals surface area (Å²) < 4.78 is 10.8. The van der Waals surface area contributed by atoms with Crippen molar-refractivity contribution in [1.82, 2.24) is 10.6 Å². The lowest BCUT2D eigenvalue weighted by Gasteiger charge is -2.23. The molecule has 1 heterocycles. The van der Waals surface area contributed by atoms with Gasteiger partial charge in [-0.25, -0.2) is 0 Å². The van der Waals surface area contributed by atoms with Crippen LogP contribution in [0.1, 0.15) is 12.0 Å². The molecule has 4 heteroatoms. The zero-order chi connectivity index (χ0) is 13.3. The Labute approximate surface area is 115 Å².